The first-order valence-electron chi connectivity index (χ1n) is 8.41. The Morgan fingerprint density at radius 3 is 2.17 bits per heavy atom. The van der Waals surface area contributed by atoms with E-state index in [-0.39, 0.29) is 0 Å². The number of unbranched alkanes of at least 4 members (excludes halogenated alkanes) is 2. The molecule has 0 heterocycles. The van der Waals surface area contributed by atoms with E-state index in [4.69, 9.17) is 0 Å². The van der Waals surface area contributed by atoms with Crippen LogP contribution >= 0.6 is 0 Å². The second-order valence-corrected chi connectivity index (χ2v) is 5.68. The highest BCUT2D eigenvalue weighted by Crippen LogP contribution is 2.17. The van der Waals surface area contributed by atoms with Crippen LogP contribution in [-0.4, -0.2) is 18.4 Å². The number of amides is 2. The van der Waals surface area contributed by atoms with Crippen LogP contribution in [0.4, 0.5) is 5.69 Å². The molecule has 0 radical (unpaired) electrons. The average molecular weight is 324 g/mol. The zero-order valence-electron chi connectivity index (χ0n) is 14.1. The number of benzene rings is 2. The normalized spacial score (nSPS) is 10.2. The van der Waals surface area contributed by atoms with Crippen LogP contribution in [0.5, 0.6) is 0 Å². The monoisotopic (exact) mass is 324 g/mol. The van der Waals surface area contributed by atoms with Crippen LogP contribution in [-0.2, 0) is 16.1 Å². The molecule has 1 N–H and O–H groups in total. The molecule has 0 aliphatic rings. The highest BCUT2D eigenvalue weighted by molar-refractivity contribution is 6.40. The molecular formula is C20H24N2O2. The van der Waals surface area contributed by atoms with Crippen LogP contribution in [0.15, 0.2) is 60.7 Å². The van der Waals surface area contributed by atoms with Gasteiger partial charge < -0.3 is 5.32 Å². The molecule has 0 aromatic heterocycles. The number of carbonyl (C=O) groups is 2. The van der Waals surface area contributed by atoms with Gasteiger partial charge in [-0.2, -0.15) is 0 Å². The third-order valence-electron chi connectivity index (χ3n) is 3.76. The minimum absolute atomic E-state index is 0.367. The van der Waals surface area contributed by atoms with Gasteiger partial charge in [0.2, 0.25) is 0 Å². The van der Waals surface area contributed by atoms with E-state index in [2.05, 4.69) is 12.2 Å². The van der Waals surface area contributed by atoms with Gasteiger partial charge in [-0.05, 0) is 24.1 Å². The lowest BCUT2D eigenvalue weighted by Gasteiger charge is -2.22. The summed E-state index contributed by atoms with van der Waals surface area (Å²) in [6.45, 7) is 3.00. The van der Waals surface area contributed by atoms with Gasteiger partial charge in [-0.3, -0.25) is 14.5 Å². The summed E-state index contributed by atoms with van der Waals surface area (Å²) in [4.78, 5) is 26.4. The molecular weight excluding hydrogens is 300 g/mol. The lowest BCUT2D eigenvalue weighted by molar-refractivity contribution is -0.137. The van der Waals surface area contributed by atoms with Crippen LogP contribution in [0.3, 0.4) is 0 Å². The van der Waals surface area contributed by atoms with Crippen LogP contribution in [0, 0.1) is 0 Å². The van der Waals surface area contributed by atoms with Gasteiger partial charge in [0.1, 0.15) is 0 Å². The molecule has 0 saturated carbocycles. The fourth-order valence-electron chi connectivity index (χ4n) is 2.43. The van der Waals surface area contributed by atoms with E-state index in [1.54, 1.807) is 0 Å². The highest BCUT2D eigenvalue weighted by atomic mass is 16.2. The molecule has 4 nitrogen and oxygen atoms in total. The second kappa shape index (κ2) is 9.50. The molecule has 0 atom stereocenters. The molecule has 2 aromatic carbocycles. The first kappa shape index (κ1) is 17.7. The Morgan fingerprint density at radius 1 is 0.917 bits per heavy atom. The van der Waals surface area contributed by atoms with Crippen molar-refractivity contribution in [3.63, 3.8) is 0 Å². The van der Waals surface area contributed by atoms with Gasteiger partial charge in [-0.25, -0.2) is 0 Å². The summed E-state index contributed by atoms with van der Waals surface area (Å²) in [6, 6.07) is 19.0. The van der Waals surface area contributed by atoms with Crippen molar-refractivity contribution in [3.05, 3.63) is 66.2 Å². The van der Waals surface area contributed by atoms with Gasteiger partial charge in [-0.15, -0.1) is 0 Å². The Hall–Kier alpha value is -2.62. The second-order valence-electron chi connectivity index (χ2n) is 5.68. The summed E-state index contributed by atoms with van der Waals surface area (Å²) in [5.74, 6) is -1.08. The lowest BCUT2D eigenvalue weighted by Crippen LogP contribution is -2.43. The molecule has 4 heteroatoms. The zero-order chi connectivity index (χ0) is 17.2. The fourth-order valence-corrected chi connectivity index (χ4v) is 2.43. The maximum Gasteiger partial charge on any atom is 0.316 e. The molecule has 0 saturated heterocycles. The number of nitrogens with one attached hydrogen (secondary N) is 1. The van der Waals surface area contributed by atoms with Gasteiger partial charge in [0, 0.05) is 12.2 Å². The fraction of sp³-hybridized carbons (Fsp3) is 0.300. The lowest BCUT2D eigenvalue weighted by atomic mass is 10.2. The Labute approximate surface area is 143 Å². The van der Waals surface area contributed by atoms with Crippen LogP contribution in [0.25, 0.3) is 0 Å². The molecule has 2 rings (SSSR count). The van der Waals surface area contributed by atoms with Crippen LogP contribution in [0.2, 0.25) is 0 Å². The van der Waals surface area contributed by atoms with Gasteiger partial charge in [-0.1, -0.05) is 68.3 Å². The van der Waals surface area contributed by atoms with E-state index in [0.29, 0.717) is 13.1 Å². The van der Waals surface area contributed by atoms with E-state index in [1.165, 1.54) is 4.90 Å². The topological polar surface area (TPSA) is 49.4 Å². The SMILES string of the molecule is CCCCCNC(=O)C(=O)N(Cc1ccccc1)c1ccccc1. The Morgan fingerprint density at radius 2 is 1.54 bits per heavy atom. The summed E-state index contributed by atoms with van der Waals surface area (Å²) in [6.07, 6.45) is 3.01. The minimum atomic E-state index is -0.550. The smallest absolute Gasteiger partial charge is 0.316 e. The predicted molar refractivity (Wildman–Crippen MR) is 96.6 cm³/mol. The number of carbonyl (C=O) groups excluding carboxylic acids is 2. The molecule has 0 fully saturated rings. The summed E-state index contributed by atoms with van der Waals surface area (Å²) in [5.41, 5.74) is 1.70. The van der Waals surface area contributed by atoms with Crippen molar-refractivity contribution < 1.29 is 9.59 Å². The minimum Gasteiger partial charge on any atom is -0.348 e. The van der Waals surface area contributed by atoms with Crippen molar-refractivity contribution in [3.8, 4) is 0 Å². The number of hydrogen-bond acceptors (Lipinski definition) is 2. The van der Waals surface area contributed by atoms with Gasteiger partial charge in [0.25, 0.3) is 0 Å². The summed E-state index contributed by atoms with van der Waals surface area (Å²) < 4.78 is 0. The maximum atomic E-state index is 12.6. The van der Waals surface area contributed by atoms with Crippen LogP contribution in [0.1, 0.15) is 31.7 Å². The molecule has 0 bridgehead atoms. The molecule has 0 aliphatic carbocycles. The van der Waals surface area contributed by atoms with Crippen molar-refractivity contribution in [2.75, 3.05) is 11.4 Å². The Bertz CT molecular complexity index is 641. The third-order valence-corrected chi connectivity index (χ3v) is 3.76. The average Bonchev–Trinajstić information content (AvgIpc) is 2.64. The first-order valence-corrected chi connectivity index (χ1v) is 8.41. The molecule has 0 unspecified atom stereocenters. The largest absolute Gasteiger partial charge is 0.348 e. The summed E-state index contributed by atoms with van der Waals surface area (Å²) in [7, 11) is 0. The van der Waals surface area contributed by atoms with E-state index in [9.17, 15) is 9.59 Å². The van der Waals surface area contributed by atoms with Crippen molar-refractivity contribution in [2.24, 2.45) is 0 Å². The zero-order valence-corrected chi connectivity index (χ0v) is 14.1. The Balaban J connectivity index is 2.10. The molecule has 0 spiro atoms. The first-order chi connectivity index (χ1) is 11.7. The number of para-hydroxylation sites is 1. The number of rotatable bonds is 7. The Kier molecular flexibility index (Phi) is 7.02. The highest BCUT2D eigenvalue weighted by Gasteiger charge is 2.23. The van der Waals surface area contributed by atoms with Crippen molar-refractivity contribution in [1.82, 2.24) is 5.32 Å². The molecule has 126 valence electrons. The molecule has 2 amide bonds. The van der Waals surface area contributed by atoms with Gasteiger partial charge >= 0.3 is 11.8 Å². The predicted octanol–water partition coefficient (Wildman–Crippen LogP) is 3.53. The van der Waals surface area contributed by atoms with Crippen molar-refractivity contribution in [1.29, 1.82) is 0 Å². The van der Waals surface area contributed by atoms with E-state index in [1.807, 2.05) is 60.7 Å². The number of hydrogen-bond donors (Lipinski definition) is 1. The maximum absolute atomic E-state index is 12.6. The van der Waals surface area contributed by atoms with E-state index < -0.39 is 11.8 Å². The van der Waals surface area contributed by atoms with Gasteiger partial charge in [0.15, 0.2) is 0 Å². The number of anilines is 1. The number of nitrogens with zero attached hydrogens (tertiary/aromatic N) is 1. The summed E-state index contributed by atoms with van der Waals surface area (Å²) >= 11 is 0. The van der Waals surface area contributed by atoms with E-state index in [0.717, 1.165) is 30.5 Å². The molecule has 2 aromatic rings. The quantitative estimate of drug-likeness (QED) is 0.626. The summed E-state index contributed by atoms with van der Waals surface area (Å²) in [5, 5.41) is 2.72. The van der Waals surface area contributed by atoms with Gasteiger partial charge in [0.05, 0.1) is 6.54 Å². The van der Waals surface area contributed by atoms with E-state index >= 15 is 0 Å². The van der Waals surface area contributed by atoms with Crippen molar-refractivity contribution >= 4 is 17.5 Å². The van der Waals surface area contributed by atoms with Crippen LogP contribution < -0.4 is 10.2 Å². The molecule has 24 heavy (non-hydrogen) atoms. The third kappa shape index (κ3) is 5.23. The van der Waals surface area contributed by atoms with Crippen molar-refractivity contribution in [2.45, 2.75) is 32.7 Å². The molecule has 0 aliphatic heterocycles. The standard InChI is InChI=1S/C20H24N2O2/c1-2-3-10-15-21-19(23)20(24)22(18-13-8-5-9-14-18)16-17-11-6-4-7-12-17/h4-9,11-14H,2-3,10,15-16H2,1H3,(H,21,23).